The van der Waals surface area contributed by atoms with Gasteiger partial charge < -0.3 is 15.0 Å². The smallest absolute Gasteiger partial charge is 0.0593 e. The fourth-order valence-electron chi connectivity index (χ4n) is 1.56. The van der Waals surface area contributed by atoms with E-state index in [1.807, 2.05) is 0 Å². The first kappa shape index (κ1) is 16.9. The lowest BCUT2D eigenvalue weighted by Crippen LogP contribution is -2.39. The van der Waals surface area contributed by atoms with E-state index in [1.54, 1.807) is 0 Å². The van der Waals surface area contributed by atoms with Crippen LogP contribution in [0, 0.1) is 5.92 Å². The van der Waals surface area contributed by atoms with Crippen molar-refractivity contribution in [1.82, 2.24) is 10.2 Å². The van der Waals surface area contributed by atoms with Crippen LogP contribution in [0.1, 0.15) is 41.5 Å². The number of likely N-dealkylation sites (N-methyl/N-ethyl adjacent to an activating group) is 1. The zero-order valence-corrected chi connectivity index (χ0v) is 12.7. The zero-order chi connectivity index (χ0) is 13.3. The van der Waals surface area contributed by atoms with E-state index in [1.165, 1.54) is 0 Å². The molecule has 0 aliphatic heterocycles. The molecule has 0 amide bonds. The summed E-state index contributed by atoms with van der Waals surface area (Å²) in [6.07, 6.45) is 0. The van der Waals surface area contributed by atoms with E-state index in [2.05, 4.69) is 51.8 Å². The van der Waals surface area contributed by atoms with Crippen LogP contribution < -0.4 is 5.32 Å². The molecule has 1 atom stereocenters. The minimum Gasteiger partial charge on any atom is -0.380 e. The Balaban J connectivity index is 3.48. The molecular formula is C14H32N2O. The maximum atomic E-state index is 5.71. The van der Waals surface area contributed by atoms with E-state index in [9.17, 15) is 0 Å². The van der Waals surface area contributed by atoms with Crippen LogP contribution >= 0.6 is 0 Å². The molecule has 0 aromatic rings. The van der Waals surface area contributed by atoms with Crippen LogP contribution in [-0.4, -0.2) is 49.8 Å². The van der Waals surface area contributed by atoms with Gasteiger partial charge in [0.05, 0.1) is 13.2 Å². The third-order valence-electron chi connectivity index (χ3n) is 2.83. The number of hydrogen-bond donors (Lipinski definition) is 1. The molecular weight excluding hydrogens is 212 g/mol. The Hall–Kier alpha value is -0.120. The third-order valence-corrected chi connectivity index (χ3v) is 2.83. The molecule has 3 nitrogen and oxygen atoms in total. The highest BCUT2D eigenvalue weighted by Crippen LogP contribution is 2.01. The Labute approximate surface area is 108 Å². The number of nitrogens with one attached hydrogen (secondary N) is 1. The summed E-state index contributed by atoms with van der Waals surface area (Å²) in [6.45, 7) is 19.2. The summed E-state index contributed by atoms with van der Waals surface area (Å²) >= 11 is 0. The molecule has 0 rings (SSSR count). The summed E-state index contributed by atoms with van der Waals surface area (Å²) in [7, 11) is 0. The molecule has 1 N–H and O–H groups in total. The average molecular weight is 244 g/mol. The largest absolute Gasteiger partial charge is 0.380 e. The van der Waals surface area contributed by atoms with Crippen molar-refractivity contribution in [2.24, 2.45) is 5.92 Å². The second-order valence-electron chi connectivity index (χ2n) is 5.84. The molecule has 0 aromatic carbocycles. The maximum absolute atomic E-state index is 5.71. The van der Waals surface area contributed by atoms with Gasteiger partial charge in [-0.2, -0.15) is 0 Å². The van der Waals surface area contributed by atoms with Gasteiger partial charge in [-0.3, -0.25) is 0 Å². The summed E-state index contributed by atoms with van der Waals surface area (Å²) in [6, 6.07) is 0. The molecule has 0 heterocycles. The first-order chi connectivity index (χ1) is 7.89. The van der Waals surface area contributed by atoms with Crippen LogP contribution in [0.3, 0.4) is 0 Å². The van der Waals surface area contributed by atoms with Gasteiger partial charge in [-0.05, 0) is 39.8 Å². The van der Waals surface area contributed by atoms with Gasteiger partial charge in [-0.15, -0.1) is 0 Å². The first-order valence-corrected chi connectivity index (χ1v) is 6.94. The topological polar surface area (TPSA) is 24.5 Å². The van der Waals surface area contributed by atoms with Crippen molar-refractivity contribution in [1.29, 1.82) is 0 Å². The molecule has 3 heteroatoms. The van der Waals surface area contributed by atoms with Crippen LogP contribution in [0.2, 0.25) is 0 Å². The number of nitrogens with zero attached hydrogens (tertiary/aromatic N) is 1. The van der Waals surface area contributed by atoms with E-state index >= 15 is 0 Å². The molecule has 0 saturated carbocycles. The molecule has 0 spiro atoms. The van der Waals surface area contributed by atoms with E-state index < -0.39 is 0 Å². The SMILES string of the molecule is CCN(CC)CCOCC(C)CNC(C)(C)C. The van der Waals surface area contributed by atoms with Gasteiger partial charge in [-0.1, -0.05) is 20.8 Å². The second-order valence-corrected chi connectivity index (χ2v) is 5.84. The Bertz CT molecular complexity index is 174. The Morgan fingerprint density at radius 2 is 1.76 bits per heavy atom. The summed E-state index contributed by atoms with van der Waals surface area (Å²) in [5.41, 5.74) is 0.204. The Morgan fingerprint density at radius 1 is 1.18 bits per heavy atom. The zero-order valence-electron chi connectivity index (χ0n) is 12.7. The highest BCUT2D eigenvalue weighted by Gasteiger charge is 2.11. The minimum atomic E-state index is 0.204. The Morgan fingerprint density at radius 3 is 2.24 bits per heavy atom. The fraction of sp³-hybridized carbons (Fsp3) is 1.00. The molecule has 0 aliphatic rings. The van der Waals surface area contributed by atoms with Crippen molar-refractivity contribution in [3.63, 3.8) is 0 Å². The molecule has 0 aliphatic carbocycles. The molecule has 0 aromatic heterocycles. The maximum Gasteiger partial charge on any atom is 0.0593 e. The van der Waals surface area contributed by atoms with Crippen LogP contribution in [0.25, 0.3) is 0 Å². The molecule has 0 fully saturated rings. The highest BCUT2D eigenvalue weighted by atomic mass is 16.5. The monoisotopic (exact) mass is 244 g/mol. The lowest BCUT2D eigenvalue weighted by atomic mass is 10.1. The average Bonchev–Trinajstić information content (AvgIpc) is 2.26. The molecule has 0 bridgehead atoms. The molecule has 1 unspecified atom stereocenters. The lowest BCUT2D eigenvalue weighted by molar-refractivity contribution is 0.0822. The van der Waals surface area contributed by atoms with E-state index in [4.69, 9.17) is 4.74 Å². The third kappa shape index (κ3) is 10.7. The van der Waals surface area contributed by atoms with Crippen LogP contribution in [0.4, 0.5) is 0 Å². The minimum absolute atomic E-state index is 0.204. The van der Waals surface area contributed by atoms with Crippen LogP contribution in [-0.2, 0) is 4.74 Å². The predicted molar refractivity (Wildman–Crippen MR) is 75.5 cm³/mol. The van der Waals surface area contributed by atoms with E-state index in [0.29, 0.717) is 5.92 Å². The van der Waals surface area contributed by atoms with E-state index in [0.717, 1.165) is 39.4 Å². The second kappa shape index (κ2) is 8.90. The summed E-state index contributed by atoms with van der Waals surface area (Å²) in [5, 5.41) is 3.50. The quantitative estimate of drug-likeness (QED) is 0.630. The van der Waals surface area contributed by atoms with Crippen LogP contribution in [0.5, 0.6) is 0 Å². The van der Waals surface area contributed by atoms with Crippen molar-refractivity contribution in [3.8, 4) is 0 Å². The number of ether oxygens (including phenoxy) is 1. The predicted octanol–water partition coefficient (Wildman–Crippen LogP) is 2.37. The normalized spacial score (nSPS) is 14.3. The summed E-state index contributed by atoms with van der Waals surface area (Å²) < 4.78 is 5.71. The van der Waals surface area contributed by atoms with Gasteiger partial charge in [0, 0.05) is 18.6 Å². The van der Waals surface area contributed by atoms with Gasteiger partial charge in [0.15, 0.2) is 0 Å². The van der Waals surface area contributed by atoms with E-state index in [-0.39, 0.29) is 5.54 Å². The van der Waals surface area contributed by atoms with Crippen molar-refractivity contribution in [2.45, 2.75) is 47.1 Å². The molecule has 17 heavy (non-hydrogen) atoms. The van der Waals surface area contributed by atoms with Crippen molar-refractivity contribution in [2.75, 3.05) is 39.4 Å². The fourth-order valence-corrected chi connectivity index (χ4v) is 1.56. The molecule has 104 valence electrons. The van der Waals surface area contributed by atoms with Gasteiger partial charge in [-0.25, -0.2) is 0 Å². The van der Waals surface area contributed by atoms with Crippen molar-refractivity contribution >= 4 is 0 Å². The summed E-state index contributed by atoms with van der Waals surface area (Å²) in [5.74, 6) is 0.575. The van der Waals surface area contributed by atoms with Crippen molar-refractivity contribution in [3.05, 3.63) is 0 Å². The lowest BCUT2D eigenvalue weighted by Gasteiger charge is -2.24. The van der Waals surface area contributed by atoms with Gasteiger partial charge in [0.1, 0.15) is 0 Å². The van der Waals surface area contributed by atoms with Crippen molar-refractivity contribution < 1.29 is 4.74 Å². The van der Waals surface area contributed by atoms with Gasteiger partial charge in [0.2, 0.25) is 0 Å². The molecule has 0 saturated heterocycles. The van der Waals surface area contributed by atoms with Gasteiger partial charge in [0.25, 0.3) is 0 Å². The highest BCUT2D eigenvalue weighted by molar-refractivity contribution is 4.71. The first-order valence-electron chi connectivity index (χ1n) is 6.94. The van der Waals surface area contributed by atoms with Crippen LogP contribution in [0.15, 0.2) is 0 Å². The van der Waals surface area contributed by atoms with Gasteiger partial charge >= 0.3 is 0 Å². The molecule has 0 radical (unpaired) electrons. The Kier molecular flexibility index (Phi) is 8.83. The standard InChI is InChI=1S/C14H32N2O/c1-7-16(8-2)9-10-17-12-13(3)11-15-14(4,5)6/h13,15H,7-12H2,1-6H3. The number of rotatable bonds is 9. The number of hydrogen-bond acceptors (Lipinski definition) is 3. The summed E-state index contributed by atoms with van der Waals surface area (Å²) in [4.78, 5) is 2.39.